The maximum absolute atomic E-state index is 13.0. The van der Waals surface area contributed by atoms with Gasteiger partial charge >= 0.3 is 0 Å². The lowest BCUT2D eigenvalue weighted by Crippen LogP contribution is -2.35. The van der Waals surface area contributed by atoms with E-state index < -0.39 is 17.7 Å². The highest BCUT2D eigenvalue weighted by molar-refractivity contribution is 6.46. The lowest BCUT2D eigenvalue weighted by Gasteiger charge is -2.26. The SMILES string of the molecule is CCCOc1ccc(/C(O)=C2/C(=O)C(=O)N(CCN(C)C)C2c2ccccc2)cc1C. The van der Waals surface area contributed by atoms with Crippen LogP contribution in [0.5, 0.6) is 5.75 Å². The Balaban J connectivity index is 2.07. The molecule has 0 aliphatic carbocycles. The van der Waals surface area contributed by atoms with E-state index in [9.17, 15) is 14.7 Å². The van der Waals surface area contributed by atoms with Crippen LogP contribution in [0.2, 0.25) is 0 Å². The zero-order valence-corrected chi connectivity index (χ0v) is 18.6. The summed E-state index contributed by atoms with van der Waals surface area (Å²) in [5, 5.41) is 11.2. The standard InChI is InChI=1S/C25H30N2O4/c1-5-15-31-20-12-11-19(16-17(20)2)23(28)21-22(18-9-7-6-8-10-18)27(14-13-26(3)4)25(30)24(21)29/h6-12,16,22,28H,5,13-15H2,1-4H3/b23-21-. The van der Waals surface area contributed by atoms with E-state index in [1.165, 1.54) is 0 Å². The molecule has 164 valence electrons. The fourth-order valence-corrected chi connectivity index (χ4v) is 3.73. The molecule has 1 unspecified atom stereocenters. The number of aryl methyl sites for hydroxylation is 1. The Morgan fingerprint density at radius 2 is 1.84 bits per heavy atom. The number of aliphatic hydroxyl groups is 1. The van der Waals surface area contributed by atoms with Crippen LogP contribution < -0.4 is 4.74 Å². The third kappa shape index (κ3) is 4.80. The van der Waals surface area contributed by atoms with E-state index in [0.717, 1.165) is 23.3 Å². The zero-order chi connectivity index (χ0) is 22.5. The molecule has 3 rings (SSSR count). The minimum Gasteiger partial charge on any atom is -0.507 e. The molecular weight excluding hydrogens is 392 g/mol. The van der Waals surface area contributed by atoms with Crippen molar-refractivity contribution in [1.82, 2.24) is 9.80 Å². The number of amides is 1. The Hall–Kier alpha value is -3.12. The van der Waals surface area contributed by atoms with Gasteiger partial charge in [0.1, 0.15) is 11.5 Å². The molecule has 6 nitrogen and oxygen atoms in total. The Kier molecular flexibility index (Phi) is 7.13. The van der Waals surface area contributed by atoms with Gasteiger partial charge in [-0.05, 0) is 56.8 Å². The van der Waals surface area contributed by atoms with Gasteiger partial charge in [-0.25, -0.2) is 0 Å². The molecule has 0 bridgehead atoms. The van der Waals surface area contributed by atoms with Crippen LogP contribution in [0.25, 0.3) is 5.76 Å². The topological polar surface area (TPSA) is 70.1 Å². The number of carbonyl (C=O) groups excluding carboxylic acids is 2. The summed E-state index contributed by atoms with van der Waals surface area (Å²) in [5.41, 5.74) is 2.27. The highest BCUT2D eigenvalue weighted by Crippen LogP contribution is 2.39. The van der Waals surface area contributed by atoms with Gasteiger partial charge < -0.3 is 19.6 Å². The number of Topliss-reactive ketones (excluding diaryl/α,β-unsaturated/α-hetero) is 1. The molecule has 0 saturated carbocycles. The summed E-state index contributed by atoms with van der Waals surface area (Å²) >= 11 is 0. The molecule has 2 aromatic carbocycles. The number of likely N-dealkylation sites (N-methyl/N-ethyl adjacent to an activating group) is 1. The summed E-state index contributed by atoms with van der Waals surface area (Å²) in [6.45, 7) is 5.54. The number of rotatable bonds is 8. The highest BCUT2D eigenvalue weighted by atomic mass is 16.5. The van der Waals surface area contributed by atoms with Gasteiger partial charge in [0.2, 0.25) is 0 Å². The van der Waals surface area contributed by atoms with Crippen molar-refractivity contribution in [2.45, 2.75) is 26.3 Å². The number of hydrogen-bond acceptors (Lipinski definition) is 5. The Morgan fingerprint density at radius 3 is 2.45 bits per heavy atom. The van der Waals surface area contributed by atoms with Crippen molar-refractivity contribution in [3.05, 3.63) is 70.8 Å². The molecule has 1 amide bonds. The van der Waals surface area contributed by atoms with Crippen LogP contribution in [0.15, 0.2) is 54.1 Å². The molecule has 1 heterocycles. The van der Waals surface area contributed by atoms with Gasteiger partial charge in [0.05, 0.1) is 18.2 Å². The fraction of sp³-hybridized carbons (Fsp3) is 0.360. The molecule has 1 fully saturated rings. The number of likely N-dealkylation sites (tertiary alicyclic amines) is 1. The molecule has 0 aromatic heterocycles. The lowest BCUT2D eigenvalue weighted by molar-refractivity contribution is -0.140. The Labute approximate surface area is 183 Å². The van der Waals surface area contributed by atoms with E-state index in [1.54, 1.807) is 23.1 Å². The van der Waals surface area contributed by atoms with Crippen molar-refractivity contribution in [2.24, 2.45) is 0 Å². The summed E-state index contributed by atoms with van der Waals surface area (Å²) in [7, 11) is 3.83. The smallest absolute Gasteiger partial charge is 0.295 e. The minimum absolute atomic E-state index is 0.122. The average molecular weight is 423 g/mol. The van der Waals surface area contributed by atoms with Gasteiger partial charge in [-0.1, -0.05) is 37.3 Å². The van der Waals surface area contributed by atoms with Gasteiger partial charge in [-0.15, -0.1) is 0 Å². The van der Waals surface area contributed by atoms with E-state index in [4.69, 9.17) is 4.74 Å². The van der Waals surface area contributed by atoms with Crippen molar-refractivity contribution < 1.29 is 19.4 Å². The van der Waals surface area contributed by atoms with Gasteiger partial charge in [-0.2, -0.15) is 0 Å². The molecule has 1 aliphatic heterocycles. The van der Waals surface area contributed by atoms with Crippen LogP contribution in [0.4, 0.5) is 0 Å². The van der Waals surface area contributed by atoms with Crippen LogP contribution in [0.1, 0.15) is 36.1 Å². The van der Waals surface area contributed by atoms with Gasteiger partial charge in [0, 0.05) is 18.7 Å². The number of benzene rings is 2. The maximum atomic E-state index is 13.0. The van der Waals surface area contributed by atoms with Crippen LogP contribution in [-0.4, -0.2) is 60.4 Å². The third-order valence-corrected chi connectivity index (χ3v) is 5.35. The van der Waals surface area contributed by atoms with E-state index in [-0.39, 0.29) is 11.3 Å². The predicted molar refractivity (Wildman–Crippen MR) is 121 cm³/mol. The Morgan fingerprint density at radius 1 is 1.13 bits per heavy atom. The predicted octanol–water partition coefficient (Wildman–Crippen LogP) is 3.77. The van der Waals surface area contributed by atoms with Crippen molar-refractivity contribution >= 4 is 17.4 Å². The molecule has 0 radical (unpaired) electrons. The summed E-state index contributed by atoms with van der Waals surface area (Å²) in [5.74, 6) is -0.667. The number of nitrogens with zero attached hydrogens (tertiary/aromatic N) is 2. The van der Waals surface area contributed by atoms with E-state index in [1.807, 2.05) is 63.2 Å². The largest absolute Gasteiger partial charge is 0.507 e. The molecule has 1 aliphatic rings. The van der Waals surface area contributed by atoms with Gasteiger partial charge in [-0.3, -0.25) is 9.59 Å². The fourth-order valence-electron chi connectivity index (χ4n) is 3.73. The van der Waals surface area contributed by atoms with E-state index in [2.05, 4.69) is 0 Å². The molecule has 1 saturated heterocycles. The highest BCUT2D eigenvalue weighted by Gasteiger charge is 2.45. The third-order valence-electron chi connectivity index (χ3n) is 5.35. The number of ether oxygens (including phenoxy) is 1. The number of aliphatic hydroxyl groups excluding tert-OH is 1. The monoisotopic (exact) mass is 422 g/mol. The summed E-state index contributed by atoms with van der Waals surface area (Å²) in [4.78, 5) is 29.4. The van der Waals surface area contributed by atoms with E-state index in [0.29, 0.717) is 25.3 Å². The molecule has 1 N–H and O–H groups in total. The maximum Gasteiger partial charge on any atom is 0.295 e. The van der Waals surface area contributed by atoms with Crippen molar-refractivity contribution in [1.29, 1.82) is 0 Å². The van der Waals surface area contributed by atoms with Crippen LogP contribution in [0.3, 0.4) is 0 Å². The van der Waals surface area contributed by atoms with Crippen LogP contribution in [0, 0.1) is 6.92 Å². The van der Waals surface area contributed by atoms with Gasteiger partial charge in [0.15, 0.2) is 0 Å². The summed E-state index contributed by atoms with van der Waals surface area (Å²) in [6, 6.07) is 14.0. The van der Waals surface area contributed by atoms with Crippen molar-refractivity contribution in [3.8, 4) is 5.75 Å². The van der Waals surface area contributed by atoms with Crippen molar-refractivity contribution in [2.75, 3.05) is 33.8 Å². The number of carbonyl (C=O) groups is 2. The first kappa shape index (κ1) is 22.6. The van der Waals surface area contributed by atoms with Crippen molar-refractivity contribution in [3.63, 3.8) is 0 Å². The number of ketones is 1. The second-order valence-corrected chi connectivity index (χ2v) is 8.04. The second kappa shape index (κ2) is 9.79. The average Bonchev–Trinajstić information content (AvgIpc) is 3.01. The molecule has 0 spiro atoms. The molecular formula is C25H30N2O4. The van der Waals surface area contributed by atoms with Crippen LogP contribution >= 0.6 is 0 Å². The molecule has 31 heavy (non-hydrogen) atoms. The molecule has 2 aromatic rings. The molecule has 6 heteroatoms. The van der Waals surface area contributed by atoms with Crippen LogP contribution in [-0.2, 0) is 9.59 Å². The number of hydrogen-bond donors (Lipinski definition) is 1. The molecule has 1 atom stereocenters. The lowest BCUT2D eigenvalue weighted by atomic mass is 9.95. The van der Waals surface area contributed by atoms with E-state index >= 15 is 0 Å². The zero-order valence-electron chi connectivity index (χ0n) is 18.6. The van der Waals surface area contributed by atoms with Gasteiger partial charge in [0.25, 0.3) is 11.7 Å². The summed E-state index contributed by atoms with van der Waals surface area (Å²) in [6.07, 6.45) is 0.897. The second-order valence-electron chi connectivity index (χ2n) is 8.04. The Bertz CT molecular complexity index is 982. The first-order chi connectivity index (χ1) is 14.8. The summed E-state index contributed by atoms with van der Waals surface area (Å²) < 4.78 is 5.71. The quantitative estimate of drug-likeness (QED) is 0.398. The first-order valence-electron chi connectivity index (χ1n) is 10.6. The normalized spacial score (nSPS) is 18.1. The minimum atomic E-state index is -0.658. The first-order valence-corrected chi connectivity index (χ1v) is 10.6.